The van der Waals surface area contributed by atoms with Gasteiger partial charge in [0.2, 0.25) is 0 Å². The maximum atomic E-state index is 11.9. The Balaban J connectivity index is 1.80. The van der Waals surface area contributed by atoms with Gasteiger partial charge in [-0.25, -0.2) is 4.79 Å². The summed E-state index contributed by atoms with van der Waals surface area (Å²) in [5.41, 5.74) is -0.210. The van der Waals surface area contributed by atoms with E-state index in [4.69, 9.17) is 4.74 Å². The molecule has 0 radical (unpaired) electrons. The monoisotopic (exact) mass is 240 g/mol. The second-order valence-corrected chi connectivity index (χ2v) is 5.61. The molecule has 2 atom stereocenters. The third-order valence-corrected chi connectivity index (χ3v) is 4.23. The van der Waals surface area contributed by atoms with E-state index in [1.807, 2.05) is 6.92 Å². The van der Waals surface area contributed by atoms with Crippen LogP contribution in [0.3, 0.4) is 0 Å². The Morgan fingerprint density at radius 1 is 1.29 bits per heavy atom. The van der Waals surface area contributed by atoms with Gasteiger partial charge in [-0.2, -0.15) is 0 Å². The van der Waals surface area contributed by atoms with Crippen molar-refractivity contribution in [3.05, 3.63) is 0 Å². The molecule has 1 heterocycles. The highest BCUT2D eigenvalue weighted by Crippen LogP contribution is 2.25. The summed E-state index contributed by atoms with van der Waals surface area (Å²) in [5, 5.41) is 6.16. The van der Waals surface area contributed by atoms with Crippen LogP contribution in [0.5, 0.6) is 0 Å². The largest absolute Gasteiger partial charge is 0.376 e. The highest BCUT2D eigenvalue weighted by molar-refractivity contribution is 5.75. The number of carbonyl (C=O) groups is 1. The zero-order chi connectivity index (χ0) is 12.3. The fourth-order valence-corrected chi connectivity index (χ4v) is 2.73. The van der Waals surface area contributed by atoms with Crippen molar-refractivity contribution in [2.24, 2.45) is 0 Å². The molecule has 0 aromatic heterocycles. The van der Waals surface area contributed by atoms with E-state index in [9.17, 15) is 4.79 Å². The number of rotatable bonds is 2. The van der Waals surface area contributed by atoms with E-state index < -0.39 is 0 Å². The van der Waals surface area contributed by atoms with Gasteiger partial charge in [0, 0.05) is 12.6 Å². The van der Waals surface area contributed by atoms with Crippen molar-refractivity contribution in [3.8, 4) is 0 Å². The molecular weight excluding hydrogens is 216 g/mol. The third-order valence-electron chi connectivity index (χ3n) is 4.23. The predicted molar refractivity (Wildman–Crippen MR) is 67.0 cm³/mol. The molecule has 98 valence electrons. The van der Waals surface area contributed by atoms with Crippen LogP contribution in [-0.2, 0) is 4.74 Å². The van der Waals surface area contributed by atoms with E-state index in [0.717, 1.165) is 25.9 Å². The molecule has 1 saturated heterocycles. The number of hydrogen-bond acceptors (Lipinski definition) is 2. The number of ether oxygens (including phenoxy) is 1. The number of urea groups is 1. The lowest BCUT2D eigenvalue weighted by atomic mass is 9.94. The van der Waals surface area contributed by atoms with Crippen LogP contribution in [0, 0.1) is 0 Å². The summed E-state index contributed by atoms with van der Waals surface area (Å²) < 4.78 is 5.52. The minimum atomic E-state index is -0.210. The molecule has 2 fully saturated rings. The van der Waals surface area contributed by atoms with Crippen LogP contribution in [-0.4, -0.2) is 30.3 Å². The van der Waals surface area contributed by atoms with Crippen molar-refractivity contribution in [1.29, 1.82) is 0 Å². The van der Waals surface area contributed by atoms with Gasteiger partial charge in [-0.3, -0.25) is 0 Å². The van der Waals surface area contributed by atoms with Crippen molar-refractivity contribution in [3.63, 3.8) is 0 Å². The third kappa shape index (κ3) is 3.12. The second-order valence-electron chi connectivity index (χ2n) is 5.61. The first-order valence-electron chi connectivity index (χ1n) is 6.80. The summed E-state index contributed by atoms with van der Waals surface area (Å²) in [6, 6.07) is 0.335. The molecule has 4 nitrogen and oxygen atoms in total. The lowest BCUT2D eigenvalue weighted by Crippen LogP contribution is -2.55. The first kappa shape index (κ1) is 12.7. The maximum Gasteiger partial charge on any atom is 0.315 e. The van der Waals surface area contributed by atoms with Crippen LogP contribution < -0.4 is 10.6 Å². The summed E-state index contributed by atoms with van der Waals surface area (Å²) in [7, 11) is 0. The molecule has 2 unspecified atom stereocenters. The molecule has 1 saturated carbocycles. The first-order valence-corrected chi connectivity index (χ1v) is 6.80. The van der Waals surface area contributed by atoms with Crippen molar-refractivity contribution in [1.82, 2.24) is 10.6 Å². The quantitative estimate of drug-likeness (QED) is 0.777. The number of hydrogen-bond donors (Lipinski definition) is 2. The molecule has 17 heavy (non-hydrogen) atoms. The van der Waals surface area contributed by atoms with Crippen molar-refractivity contribution >= 4 is 6.03 Å². The van der Waals surface area contributed by atoms with Gasteiger partial charge in [0.05, 0.1) is 11.6 Å². The smallest absolute Gasteiger partial charge is 0.315 e. The van der Waals surface area contributed by atoms with Crippen LogP contribution in [0.2, 0.25) is 0 Å². The Labute approximate surface area is 103 Å². The molecule has 2 N–H and O–H groups in total. The minimum absolute atomic E-state index is 0.0308. The van der Waals surface area contributed by atoms with Gasteiger partial charge in [-0.05, 0) is 33.1 Å². The maximum absolute atomic E-state index is 11.9. The summed E-state index contributed by atoms with van der Waals surface area (Å²) in [6.45, 7) is 4.82. The van der Waals surface area contributed by atoms with Gasteiger partial charge in [0.15, 0.2) is 0 Å². The van der Waals surface area contributed by atoms with Gasteiger partial charge in [-0.1, -0.05) is 19.3 Å². The molecule has 0 spiro atoms. The van der Waals surface area contributed by atoms with E-state index in [1.54, 1.807) is 0 Å². The SMILES string of the molecule is CC1OCCC1(C)NC(=O)NC1CCCCC1. The Hall–Kier alpha value is -0.770. The van der Waals surface area contributed by atoms with Crippen molar-refractivity contribution in [2.45, 2.75) is 70.1 Å². The van der Waals surface area contributed by atoms with Gasteiger partial charge < -0.3 is 15.4 Å². The normalized spacial score (nSPS) is 34.6. The van der Waals surface area contributed by atoms with Gasteiger partial charge in [0.25, 0.3) is 0 Å². The predicted octanol–water partition coefficient (Wildman–Crippen LogP) is 2.19. The van der Waals surface area contributed by atoms with Crippen LogP contribution >= 0.6 is 0 Å². The lowest BCUT2D eigenvalue weighted by Gasteiger charge is -2.31. The minimum Gasteiger partial charge on any atom is -0.376 e. The molecule has 2 amide bonds. The number of nitrogens with one attached hydrogen (secondary N) is 2. The molecule has 0 aromatic rings. The highest BCUT2D eigenvalue weighted by atomic mass is 16.5. The van der Waals surface area contributed by atoms with E-state index >= 15 is 0 Å². The Morgan fingerprint density at radius 2 is 2.00 bits per heavy atom. The first-order chi connectivity index (χ1) is 8.10. The Kier molecular flexibility index (Phi) is 3.92. The molecular formula is C13H24N2O2. The summed E-state index contributed by atoms with van der Waals surface area (Å²) in [6.07, 6.45) is 7.02. The lowest BCUT2D eigenvalue weighted by molar-refractivity contribution is 0.0908. The van der Waals surface area contributed by atoms with Gasteiger partial charge in [-0.15, -0.1) is 0 Å². The average molecular weight is 240 g/mol. The van der Waals surface area contributed by atoms with Crippen LogP contribution in [0.25, 0.3) is 0 Å². The molecule has 2 rings (SSSR count). The van der Waals surface area contributed by atoms with Crippen LogP contribution in [0.15, 0.2) is 0 Å². The van der Waals surface area contributed by atoms with E-state index in [2.05, 4.69) is 17.6 Å². The summed E-state index contributed by atoms with van der Waals surface area (Å²) in [4.78, 5) is 11.9. The Bertz CT molecular complexity index is 277. The summed E-state index contributed by atoms with van der Waals surface area (Å²) in [5.74, 6) is 0. The number of amides is 2. The van der Waals surface area contributed by atoms with Crippen molar-refractivity contribution < 1.29 is 9.53 Å². The van der Waals surface area contributed by atoms with E-state index in [0.29, 0.717) is 6.04 Å². The fourth-order valence-electron chi connectivity index (χ4n) is 2.73. The second kappa shape index (κ2) is 5.25. The average Bonchev–Trinajstić information content (AvgIpc) is 2.60. The standard InChI is InChI=1S/C13H24N2O2/c1-10-13(2,8-9-17-10)15-12(16)14-11-6-4-3-5-7-11/h10-11H,3-9H2,1-2H3,(H2,14,15,16). The molecule has 1 aliphatic heterocycles. The van der Waals surface area contributed by atoms with Crippen LogP contribution in [0.1, 0.15) is 52.4 Å². The zero-order valence-electron chi connectivity index (χ0n) is 10.9. The van der Waals surface area contributed by atoms with E-state index in [1.165, 1.54) is 19.3 Å². The topological polar surface area (TPSA) is 50.4 Å². The zero-order valence-corrected chi connectivity index (χ0v) is 10.9. The fraction of sp³-hybridized carbons (Fsp3) is 0.923. The van der Waals surface area contributed by atoms with E-state index in [-0.39, 0.29) is 17.7 Å². The summed E-state index contributed by atoms with van der Waals surface area (Å²) >= 11 is 0. The number of carbonyl (C=O) groups excluding carboxylic acids is 1. The van der Waals surface area contributed by atoms with Gasteiger partial charge >= 0.3 is 6.03 Å². The molecule has 4 heteroatoms. The van der Waals surface area contributed by atoms with Crippen LogP contribution in [0.4, 0.5) is 4.79 Å². The molecule has 2 aliphatic rings. The molecule has 1 aliphatic carbocycles. The molecule has 0 aromatic carbocycles. The van der Waals surface area contributed by atoms with Crippen molar-refractivity contribution in [2.75, 3.05) is 6.61 Å². The van der Waals surface area contributed by atoms with Gasteiger partial charge in [0.1, 0.15) is 0 Å². The highest BCUT2D eigenvalue weighted by Gasteiger charge is 2.38. The molecule has 0 bridgehead atoms. The Morgan fingerprint density at radius 3 is 2.59 bits per heavy atom.